The SMILES string of the molecule is CC(C)C(N)CNS(=O)(=O)c1c(F)cccc1F. The van der Waals surface area contributed by atoms with Gasteiger partial charge in [0.2, 0.25) is 10.0 Å². The van der Waals surface area contributed by atoms with Crippen LogP contribution in [0.1, 0.15) is 13.8 Å². The van der Waals surface area contributed by atoms with E-state index in [1.54, 1.807) is 0 Å². The van der Waals surface area contributed by atoms with Gasteiger partial charge in [0.1, 0.15) is 11.6 Å². The first-order valence-electron chi connectivity index (χ1n) is 5.45. The van der Waals surface area contributed by atoms with E-state index < -0.39 is 32.6 Å². The summed E-state index contributed by atoms with van der Waals surface area (Å²) < 4.78 is 52.3. The molecule has 7 heteroatoms. The Kier molecular flexibility index (Phi) is 4.78. The minimum absolute atomic E-state index is 0.0539. The fraction of sp³-hybridized carbons (Fsp3) is 0.455. The highest BCUT2D eigenvalue weighted by Gasteiger charge is 2.24. The minimum atomic E-state index is -4.23. The fourth-order valence-electron chi connectivity index (χ4n) is 1.25. The second-order valence-corrected chi connectivity index (χ2v) is 6.01. The van der Waals surface area contributed by atoms with E-state index in [0.29, 0.717) is 0 Å². The Bertz CT molecular complexity index is 498. The van der Waals surface area contributed by atoms with Crippen LogP contribution in [0, 0.1) is 17.6 Å². The van der Waals surface area contributed by atoms with Crippen molar-refractivity contribution in [3.63, 3.8) is 0 Å². The first-order valence-corrected chi connectivity index (χ1v) is 6.93. The van der Waals surface area contributed by atoms with E-state index in [9.17, 15) is 17.2 Å². The third kappa shape index (κ3) is 3.47. The number of benzene rings is 1. The number of nitrogens with two attached hydrogens (primary N) is 1. The van der Waals surface area contributed by atoms with Crippen LogP contribution in [0.25, 0.3) is 0 Å². The van der Waals surface area contributed by atoms with E-state index in [0.717, 1.165) is 18.2 Å². The molecule has 0 fully saturated rings. The van der Waals surface area contributed by atoms with E-state index in [2.05, 4.69) is 4.72 Å². The molecule has 0 spiro atoms. The fourth-order valence-corrected chi connectivity index (χ4v) is 2.46. The molecule has 0 aliphatic carbocycles. The highest BCUT2D eigenvalue weighted by Crippen LogP contribution is 2.17. The van der Waals surface area contributed by atoms with Crippen LogP contribution < -0.4 is 10.5 Å². The second-order valence-electron chi connectivity index (χ2n) is 4.31. The molecule has 1 atom stereocenters. The number of halogens is 2. The van der Waals surface area contributed by atoms with Gasteiger partial charge in [0, 0.05) is 12.6 Å². The molecule has 3 N–H and O–H groups in total. The average molecular weight is 278 g/mol. The smallest absolute Gasteiger partial charge is 0.246 e. The Morgan fingerprint density at radius 3 is 2.22 bits per heavy atom. The van der Waals surface area contributed by atoms with Crippen molar-refractivity contribution in [3.8, 4) is 0 Å². The quantitative estimate of drug-likeness (QED) is 0.851. The van der Waals surface area contributed by atoms with Crippen LogP contribution in [-0.4, -0.2) is 21.0 Å². The summed E-state index contributed by atoms with van der Waals surface area (Å²) in [7, 11) is -4.23. The largest absolute Gasteiger partial charge is 0.326 e. The van der Waals surface area contributed by atoms with Gasteiger partial charge in [-0.05, 0) is 18.1 Å². The third-order valence-electron chi connectivity index (χ3n) is 2.55. The lowest BCUT2D eigenvalue weighted by molar-refractivity contribution is 0.475. The molecule has 102 valence electrons. The molecule has 0 saturated carbocycles. The Labute approximate surface area is 105 Å². The molecule has 1 aromatic rings. The number of rotatable bonds is 5. The van der Waals surface area contributed by atoms with Crippen molar-refractivity contribution in [3.05, 3.63) is 29.8 Å². The van der Waals surface area contributed by atoms with Crippen molar-refractivity contribution in [2.75, 3.05) is 6.54 Å². The predicted molar refractivity (Wildman–Crippen MR) is 64.4 cm³/mol. The van der Waals surface area contributed by atoms with Crippen molar-refractivity contribution in [1.29, 1.82) is 0 Å². The molecule has 0 aliphatic heterocycles. The first-order chi connectivity index (χ1) is 8.25. The molecule has 0 saturated heterocycles. The Morgan fingerprint density at radius 2 is 1.78 bits per heavy atom. The standard InChI is InChI=1S/C11H16F2N2O2S/c1-7(2)10(14)6-15-18(16,17)11-8(12)4-3-5-9(11)13/h3-5,7,10,15H,6,14H2,1-2H3. The molecule has 1 unspecified atom stereocenters. The number of sulfonamides is 1. The van der Waals surface area contributed by atoms with Gasteiger partial charge in [0.25, 0.3) is 0 Å². The Hall–Kier alpha value is -1.05. The van der Waals surface area contributed by atoms with Crippen LogP contribution in [0.5, 0.6) is 0 Å². The number of hydrogen-bond acceptors (Lipinski definition) is 3. The van der Waals surface area contributed by atoms with Gasteiger partial charge in [0.05, 0.1) is 0 Å². The van der Waals surface area contributed by atoms with Crippen molar-refractivity contribution in [2.24, 2.45) is 11.7 Å². The van der Waals surface area contributed by atoms with Crippen molar-refractivity contribution < 1.29 is 17.2 Å². The lowest BCUT2D eigenvalue weighted by Crippen LogP contribution is -2.40. The van der Waals surface area contributed by atoms with Crippen LogP contribution in [0.15, 0.2) is 23.1 Å². The maximum atomic E-state index is 13.3. The minimum Gasteiger partial charge on any atom is -0.326 e. The van der Waals surface area contributed by atoms with Crippen LogP contribution in [0.3, 0.4) is 0 Å². The second kappa shape index (κ2) is 5.73. The highest BCUT2D eigenvalue weighted by molar-refractivity contribution is 7.89. The van der Waals surface area contributed by atoms with Gasteiger partial charge in [-0.15, -0.1) is 0 Å². The summed E-state index contributed by atoms with van der Waals surface area (Å²) in [6.45, 7) is 3.57. The number of nitrogens with one attached hydrogen (secondary N) is 1. The Balaban J connectivity index is 2.94. The molecular weight excluding hydrogens is 262 g/mol. The molecule has 0 aliphatic rings. The van der Waals surface area contributed by atoms with Gasteiger partial charge in [-0.2, -0.15) is 0 Å². The molecule has 0 heterocycles. The third-order valence-corrected chi connectivity index (χ3v) is 4.03. The van der Waals surface area contributed by atoms with Crippen molar-refractivity contribution >= 4 is 10.0 Å². The van der Waals surface area contributed by atoms with Gasteiger partial charge < -0.3 is 5.73 Å². The van der Waals surface area contributed by atoms with Gasteiger partial charge >= 0.3 is 0 Å². The zero-order chi connectivity index (χ0) is 13.9. The van der Waals surface area contributed by atoms with Crippen LogP contribution in [0.2, 0.25) is 0 Å². The molecule has 4 nitrogen and oxygen atoms in total. The van der Waals surface area contributed by atoms with Crippen LogP contribution in [0.4, 0.5) is 8.78 Å². The maximum Gasteiger partial charge on any atom is 0.246 e. The van der Waals surface area contributed by atoms with Crippen LogP contribution >= 0.6 is 0 Å². The molecule has 1 rings (SSSR count). The summed E-state index contributed by atoms with van der Waals surface area (Å²) in [5.74, 6) is -2.19. The number of hydrogen-bond donors (Lipinski definition) is 2. The molecule has 0 amide bonds. The lowest BCUT2D eigenvalue weighted by Gasteiger charge is -2.16. The maximum absolute atomic E-state index is 13.3. The van der Waals surface area contributed by atoms with E-state index in [-0.39, 0.29) is 12.5 Å². The van der Waals surface area contributed by atoms with Gasteiger partial charge in [-0.3, -0.25) is 0 Å². The average Bonchev–Trinajstić information content (AvgIpc) is 2.25. The van der Waals surface area contributed by atoms with Gasteiger partial charge in [-0.25, -0.2) is 21.9 Å². The summed E-state index contributed by atoms with van der Waals surface area (Å²) >= 11 is 0. The molecule has 0 radical (unpaired) electrons. The zero-order valence-corrected chi connectivity index (χ0v) is 11.0. The van der Waals surface area contributed by atoms with E-state index in [1.807, 2.05) is 13.8 Å². The van der Waals surface area contributed by atoms with Crippen molar-refractivity contribution in [1.82, 2.24) is 4.72 Å². The van der Waals surface area contributed by atoms with E-state index in [1.165, 1.54) is 0 Å². The molecule has 18 heavy (non-hydrogen) atoms. The molecule has 0 bridgehead atoms. The summed E-state index contributed by atoms with van der Waals surface area (Å²) in [5.41, 5.74) is 5.66. The van der Waals surface area contributed by atoms with Gasteiger partial charge in [0.15, 0.2) is 4.90 Å². The summed E-state index contributed by atoms with van der Waals surface area (Å²) in [4.78, 5) is -0.971. The molecular formula is C11H16F2N2O2S. The Morgan fingerprint density at radius 1 is 1.28 bits per heavy atom. The predicted octanol–water partition coefficient (Wildman–Crippen LogP) is 1.23. The first kappa shape index (κ1) is 15.0. The molecule has 1 aromatic carbocycles. The summed E-state index contributed by atoms with van der Waals surface area (Å²) in [6, 6.07) is 2.46. The summed E-state index contributed by atoms with van der Waals surface area (Å²) in [6.07, 6.45) is 0. The van der Waals surface area contributed by atoms with E-state index in [4.69, 9.17) is 5.73 Å². The highest BCUT2D eigenvalue weighted by atomic mass is 32.2. The van der Waals surface area contributed by atoms with Gasteiger partial charge in [-0.1, -0.05) is 19.9 Å². The van der Waals surface area contributed by atoms with E-state index >= 15 is 0 Å². The van der Waals surface area contributed by atoms with Crippen molar-refractivity contribution in [2.45, 2.75) is 24.8 Å². The zero-order valence-electron chi connectivity index (χ0n) is 10.2. The van der Waals surface area contributed by atoms with Crippen LogP contribution in [-0.2, 0) is 10.0 Å². The molecule has 0 aromatic heterocycles. The lowest BCUT2D eigenvalue weighted by atomic mass is 10.1. The topological polar surface area (TPSA) is 72.2 Å². The summed E-state index contributed by atoms with van der Waals surface area (Å²) in [5, 5.41) is 0. The normalized spacial score (nSPS) is 13.9. The monoisotopic (exact) mass is 278 g/mol.